The van der Waals surface area contributed by atoms with Crippen LogP contribution >= 0.6 is 0 Å². The average molecular weight is 425 g/mol. The molecule has 1 heterocycles. The van der Waals surface area contributed by atoms with Crippen molar-refractivity contribution < 1.29 is 19.1 Å². The van der Waals surface area contributed by atoms with Crippen LogP contribution in [-0.2, 0) is 4.79 Å². The van der Waals surface area contributed by atoms with Gasteiger partial charge in [0, 0.05) is 38.4 Å². The highest BCUT2D eigenvalue weighted by molar-refractivity contribution is 5.95. The van der Waals surface area contributed by atoms with Crippen LogP contribution in [0.2, 0.25) is 0 Å². The van der Waals surface area contributed by atoms with Gasteiger partial charge in [-0.05, 0) is 30.2 Å². The second-order valence-corrected chi connectivity index (χ2v) is 7.91. The van der Waals surface area contributed by atoms with Gasteiger partial charge in [-0.25, -0.2) is 0 Å². The molecule has 0 spiro atoms. The molecule has 1 aliphatic heterocycles. The van der Waals surface area contributed by atoms with Gasteiger partial charge >= 0.3 is 0 Å². The molecule has 3 rings (SSSR count). The number of rotatable bonds is 8. The zero-order chi connectivity index (χ0) is 22.2. The smallest absolute Gasteiger partial charge is 0.251 e. The Balaban J connectivity index is 1.67. The van der Waals surface area contributed by atoms with Crippen molar-refractivity contribution in [1.82, 2.24) is 10.2 Å². The highest BCUT2D eigenvalue weighted by Gasteiger charge is 2.23. The first-order valence-corrected chi connectivity index (χ1v) is 11.0. The Bertz CT molecular complexity index is 876. The third-order valence-corrected chi connectivity index (χ3v) is 5.69. The molecule has 1 atom stereocenters. The van der Waals surface area contributed by atoms with Crippen LogP contribution in [0.15, 0.2) is 48.5 Å². The Hall–Kier alpha value is -3.02. The van der Waals surface area contributed by atoms with E-state index in [9.17, 15) is 9.59 Å². The van der Waals surface area contributed by atoms with E-state index in [1.54, 1.807) is 32.2 Å². The van der Waals surface area contributed by atoms with Crippen molar-refractivity contribution in [3.63, 3.8) is 0 Å². The van der Waals surface area contributed by atoms with Crippen molar-refractivity contribution in [3.8, 4) is 11.5 Å². The predicted molar refractivity (Wildman–Crippen MR) is 120 cm³/mol. The summed E-state index contributed by atoms with van der Waals surface area (Å²) in [5, 5.41) is 3.15. The van der Waals surface area contributed by atoms with E-state index in [2.05, 4.69) is 12.2 Å². The molecule has 0 saturated carbocycles. The van der Waals surface area contributed by atoms with Crippen molar-refractivity contribution in [2.45, 2.75) is 51.7 Å². The maximum atomic E-state index is 12.9. The van der Waals surface area contributed by atoms with Crippen LogP contribution in [0.1, 0.15) is 61.5 Å². The maximum absolute atomic E-state index is 12.9. The number of carbonyl (C=O) groups is 2. The summed E-state index contributed by atoms with van der Waals surface area (Å²) in [6, 6.07) is 15.3. The van der Waals surface area contributed by atoms with Gasteiger partial charge < -0.3 is 19.7 Å². The number of benzene rings is 2. The van der Waals surface area contributed by atoms with E-state index in [4.69, 9.17) is 9.47 Å². The lowest BCUT2D eigenvalue weighted by atomic mass is 10.0. The van der Waals surface area contributed by atoms with Gasteiger partial charge in [-0.15, -0.1) is 0 Å². The summed E-state index contributed by atoms with van der Waals surface area (Å²) in [6.07, 6.45) is 3.42. The third kappa shape index (κ3) is 6.00. The van der Waals surface area contributed by atoms with E-state index in [1.165, 1.54) is 0 Å². The van der Waals surface area contributed by atoms with E-state index < -0.39 is 0 Å². The van der Waals surface area contributed by atoms with Crippen molar-refractivity contribution in [3.05, 3.63) is 59.7 Å². The molecule has 6 nitrogen and oxygen atoms in total. The fraction of sp³-hybridized carbons (Fsp3) is 0.440. The van der Waals surface area contributed by atoms with Gasteiger partial charge in [0.15, 0.2) is 11.5 Å². The average Bonchev–Trinajstić information content (AvgIpc) is 2.80. The second kappa shape index (κ2) is 10.8. The van der Waals surface area contributed by atoms with Gasteiger partial charge in [0.1, 0.15) is 6.10 Å². The summed E-state index contributed by atoms with van der Waals surface area (Å²) in [7, 11) is 1.58. The SMILES string of the molecule is CCC[C@@H](NC(=O)c1ccc(OC2CCN(C(C)=O)CC2)c(OC)c1)c1ccccc1. The third-order valence-electron chi connectivity index (χ3n) is 5.69. The Morgan fingerprint density at radius 1 is 1.10 bits per heavy atom. The zero-order valence-corrected chi connectivity index (χ0v) is 18.6. The van der Waals surface area contributed by atoms with Gasteiger partial charge in [-0.2, -0.15) is 0 Å². The molecule has 0 radical (unpaired) electrons. The Morgan fingerprint density at radius 3 is 2.42 bits per heavy atom. The number of piperidine rings is 1. The summed E-state index contributed by atoms with van der Waals surface area (Å²) in [5.41, 5.74) is 1.63. The number of hydrogen-bond acceptors (Lipinski definition) is 4. The van der Waals surface area contributed by atoms with Crippen LogP contribution in [-0.4, -0.2) is 43.0 Å². The van der Waals surface area contributed by atoms with Crippen molar-refractivity contribution >= 4 is 11.8 Å². The van der Waals surface area contributed by atoms with Crippen molar-refractivity contribution in [1.29, 1.82) is 0 Å². The minimum absolute atomic E-state index is 0.0243. The molecule has 1 saturated heterocycles. The number of ether oxygens (including phenoxy) is 2. The minimum Gasteiger partial charge on any atom is -0.493 e. The molecular formula is C25H32N2O4. The number of likely N-dealkylation sites (tertiary alicyclic amines) is 1. The maximum Gasteiger partial charge on any atom is 0.251 e. The molecule has 0 unspecified atom stereocenters. The highest BCUT2D eigenvalue weighted by Crippen LogP contribution is 2.31. The van der Waals surface area contributed by atoms with Crippen molar-refractivity contribution in [2.75, 3.05) is 20.2 Å². The molecule has 1 N–H and O–H groups in total. The Kier molecular flexibility index (Phi) is 7.93. The largest absolute Gasteiger partial charge is 0.493 e. The normalized spacial score (nSPS) is 15.3. The highest BCUT2D eigenvalue weighted by atomic mass is 16.5. The zero-order valence-electron chi connectivity index (χ0n) is 18.6. The first-order chi connectivity index (χ1) is 15.0. The Labute approximate surface area is 184 Å². The lowest BCUT2D eigenvalue weighted by Crippen LogP contribution is -2.40. The van der Waals surface area contributed by atoms with Crippen LogP contribution in [0.25, 0.3) is 0 Å². The summed E-state index contributed by atoms with van der Waals surface area (Å²) in [6.45, 7) is 5.09. The molecule has 2 aromatic rings. The number of carbonyl (C=O) groups excluding carboxylic acids is 2. The summed E-state index contributed by atoms with van der Waals surface area (Å²) >= 11 is 0. The number of hydrogen-bond donors (Lipinski definition) is 1. The fourth-order valence-electron chi connectivity index (χ4n) is 3.91. The van der Waals surface area contributed by atoms with E-state index >= 15 is 0 Å². The van der Waals surface area contributed by atoms with E-state index in [1.807, 2.05) is 35.2 Å². The predicted octanol–water partition coefficient (Wildman–Crippen LogP) is 4.36. The van der Waals surface area contributed by atoms with Gasteiger partial charge in [-0.3, -0.25) is 9.59 Å². The molecule has 0 aromatic heterocycles. The standard InChI is InChI=1S/C25H32N2O4/c1-4-8-22(19-9-6-5-7-10-19)26-25(29)20-11-12-23(24(17-20)30-3)31-21-13-15-27(16-14-21)18(2)28/h5-7,9-12,17,21-22H,4,8,13-16H2,1-3H3,(H,26,29)/t22-/m1/s1. The second-order valence-electron chi connectivity index (χ2n) is 7.91. The fourth-order valence-corrected chi connectivity index (χ4v) is 3.91. The van der Waals surface area contributed by atoms with Crippen LogP contribution < -0.4 is 14.8 Å². The van der Waals surface area contributed by atoms with Gasteiger partial charge in [0.2, 0.25) is 5.91 Å². The van der Waals surface area contributed by atoms with Gasteiger partial charge in [-0.1, -0.05) is 43.7 Å². The monoisotopic (exact) mass is 424 g/mol. The summed E-state index contributed by atoms with van der Waals surface area (Å²) in [5.74, 6) is 1.12. The van der Waals surface area contributed by atoms with Gasteiger partial charge in [0.25, 0.3) is 5.91 Å². The molecule has 31 heavy (non-hydrogen) atoms. The van der Waals surface area contributed by atoms with E-state index in [-0.39, 0.29) is 24.0 Å². The number of nitrogens with one attached hydrogen (secondary N) is 1. The van der Waals surface area contributed by atoms with E-state index in [0.717, 1.165) is 31.2 Å². The van der Waals surface area contributed by atoms with Crippen LogP contribution in [0.5, 0.6) is 11.5 Å². The minimum atomic E-state index is -0.137. The van der Waals surface area contributed by atoms with Gasteiger partial charge in [0.05, 0.1) is 13.2 Å². The summed E-state index contributed by atoms with van der Waals surface area (Å²) in [4.78, 5) is 26.3. The van der Waals surface area contributed by atoms with Crippen molar-refractivity contribution in [2.24, 2.45) is 0 Å². The first-order valence-electron chi connectivity index (χ1n) is 11.0. The quantitative estimate of drug-likeness (QED) is 0.684. The molecule has 6 heteroatoms. The number of amides is 2. The molecule has 2 amide bonds. The first kappa shape index (κ1) is 22.7. The number of methoxy groups -OCH3 is 1. The topological polar surface area (TPSA) is 67.9 Å². The summed E-state index contributed by atoms with van der Waals surface area (Å²) < 4.78 is 11.6. The lowest BCUT2D eigenvalue weighted by molar-refractivity contribution is -0.130. The molecular weight excluding hydrogens is 392 g/mol. The molecule has 166 valence electrons. The number of nitrogens with zero attached hydrogens (tertiary/aromatic N) is 1. The van der Waals surface area contributed by atoms with Crippen LogP contribution in [0, 0.1) is 0 Å². The van der Waals surface area contributed by atoms with E-state index in [0.29, 0.717) is 30.2 Å². The molecule has 0 aliphatic carbocycles. The molecule has 0 bridgehead atoms. The lowest BCUT2D eigenvalue weighted by Gasteiger charge is -2.31. The Morgan fingerprint density at radius 2 is 1.81 bits per heavy atom. The molecule has 2 aromatic carbocycles. The van der Waals surface area contributed by atoms with Crippen LogP contribution in [0.4, 0.5) is 0 Å². The van der Waals surface area contributed by atoms with Crippen LogP contribution in [0.3, 0.4) is 0 Å². The molecule has 1 fully saturated rings. The molecule has 1 aliphatic rings.